The zero-order valence-corrected chi connectivity index (χ0v) is 13.7. The Morgan fingerprint density at radius 2 is 1.95 bits per heavy atom. The molecule has 1 aromatic carbocycles. The lowest BCUT2D eigenvalue weighted by atomic mass is 10.2. The van der Waals surface area contributed by atoms with Crippen molar-refractivity contribution in [1.82, 2.24) is 10.3 Å². The van der Waals surface area contributed by atoms with E-state index in [1.165, 1.54) is 0 Å². The number of aryl methyl sites for hydroxylation is 1. The van der Waals surface area contributed by atoms with E-state index in [0.29, 0.717) is 12.1 Å². The number of hydrogen-bond donors (Lipinski definition) is 2. The molecule has 0 fully saturated rings. The predicted octanol–water partition coefficient (Wildman–Crippen LogP) is 3.51. The van der Waals surface area contributed by atoms with Gasteiger partial charge in [-0.25, -0.2) is 4.98 Å². The number of anilines is 1. The highest BCUT2D eigenvalue weighted by atomic mass is 79.9. The van der Waals surface area contributed by atoms with Gasteiger partial charge in [0, 0.05) is 28.8 Å². The summed E-state index contributed by atoms with van der Waals surface area (Å²) in [5.74, 6) is 0.633. The van der Waals surface area contributed by atoms with Gasteiger partial charge in [0.2, 0.25) is 0 Å². The molecule has 0 aliphatic carbocycles. The van der Waals surface area contributed by atoms with Gasteiger partial charge in [0.25, 0.3) is 5.91 Å². The third-order valence-electron chi connectivity index (χ3n) is 2.94. The Balaban J connectivity index is 2.04. The van der Waals surface area contributed by atoms with E-state index >= 15 is 0 Å². The van der Waals surface area contributed by atoms with E-state index in [-0.39, 0.29) is 5.91 Å². The van der Waals surface area contributed by atoms with Gasteiger partial charge in [-0.1, -0.05) is 28.1 Å². The van der Waals surface area contributed by atoms with E-state index in [9.17, 15) is 4.79 Å². The largest absolute Gasteiger partial charge is 0.370 e. The fraction of sp³-hybridized carbons (Fsp3) is 0.250. The van der Waals surface area contributed by atoms with Gasteiger partial charge in [0.15, 0.2) is 0 Å². The lowest BCUT2D eigenvalue weighted by Crippen LogP contribution is -2.23. The monoisotopic (exact) mass is 347 g/mol. The van der Waals surface area contributed by atoms with Crippen LogP contribution in [0.3, 0.4) is 0 Å². The Kier molecular flexibility index (Phi) is 5.33. The van der Waals surface area contributed by atoms with Gasteiger partial charge in [0.1, 0.15) is 5.82 Å². The van der Waals surface area contributed by atoms with Crippen molar-refractivity contribution in [3.63, 3.8) is 0 Å². The molecule has 1 aromatic heterocycles. The Morgan fingerprint density at radius 3 is 2.62 bits per heavy atom. The number of hydrogen-bond acceptors (Lipinski definition) is 3. The summed E-state index contributed by atoms with van der Waals surface area (Å²) in [7, 11) is 0. The fourth-order valence-electron chi connectivity index (χ4n) is 1.96. The topological polar surface area (TPSA) is 54.0 Å². The van der Waals surface area contributed by atoms with Gasteiger partial charge in [-0.2, -0.15) is 0 Å². The lowest BCUT2D eigenvalue weighted by Gasteiger charge is -2.09. The Labute approximate surface area is 133 Å². The number of halogens is 1. The number of pyridine rings is 1. The van der Waals surface area contributed by atoms with Crippen LogP contribution in [0.5, 0.6) is 0 Å². The molecule has 1 amide bonds. The summed E-state index contributed by atoms with van der Waals surface area (Å²) in [5, 5.41) is 6.05. The average Bonchev–Trinajstić information content (AvgIpc) is 2.46. The molecule has 4 nitrogen and oxygen atoms in total. The number of carbonyl (C=O) groups excluding carboxylic acids is 1. The van der Waals surface area contributed by atoms with Gasteiger partial charge in [-0.3, -0.25) is 4.79 Å². The molecule has 1 heterocycles. The highest BCUT2D eigenvalue weighted by Crippen LogP contribution is 2.12. The second kappa shape index (κ2) is 7.22. The summed E-state index contributed by atoms with van der Waals surface area (Å²) < 4.78 is 1.03. The smallest absolute Gasteiger partial charge is 0.251 e. The van der Waals surface area contributed by atoms with Gasteiger partial charge in [-0.05, 0) is 43.7 Å². The summed E-state index contributed by atoms with van der Waals surface area (Å²) in [6.45, 7) is 5.16. The van der Waals surface area contributed by atoms with E-state index < -0.39 is 0 Å². The third-order valence-corrected chi connectivity index (χ3v) is 3.47. The molecule has 110 valence electrons. The molecule has 0 saturated heterocycles. The zero-order chi connectivity index (χ0) is 15.2. The molecule has 0 atom stereocenters. The van der Waals surface area contributed by atoms with Crippen LogP contribution in [-0.2, 0) is 6.54 Å². The summed E-state index contributed by atoms with van der Waals surface area (Å²) in [5.41, 5.74) is 2.50. The van der Waals surface area contributed by atoms with E-state index in [1.54, 1.807) is 12.1 Å². The highest BCUT2D eigenvalue weighted by molar-refractivity contribution is 9.10. The summed E-state index contributed by atoms with van der Waals surface area (Å²) in [6.07, 6.45) is 0. The van der Waals surface area contributed by atoms with Crippen molar-refractivity contribution >= 4 is 27.7 Å². The number of nitrogens with zero attached hydrogens (tertiary/aromatic N) is 1. The van der Waals surface area contributed by atoms with Crippen molar-refractivity contribution in [2.24, 2.45) is 0 Å². The van der Waals surface area contributed by atoms with Crippen LogP contribution in [0.2, 0.25) is 0 Å². The first-order valence-electron chi connectivity index (χ1n) is 6.83. The van der Waals surface area contributed by atoms with Crippen LogP contribution in [0.25, 0.3) is 0 Å². The Hall–Kier alpha value is -1.88. The molecule has 2 rings (SSSR count). The van der Waals surface area contributed by atoms with Gasteiger partial charge in [-0.15, -0.1) is 0 Å². The maximum atomic E-state index is 12.2. The average molecular weight is 348 g/mol. The SMILES string of the molecule is CCNc1cc(C(=O)NCc2ccc(Br)cc2)cc(C)n1. The van der Waals surface area contributed by atoms with E-state index in [0.717, 1.165) is 28.1 Å². The molecule has 5 heteroatoms. The standard InChI is InChI=1S/C16H18BrN3O/c1-3-18-15-9-13(8-11(2)20-15)16(21)19-10-12-4-6-14(17)7-5-12/h4-9H,3,10H2,1-2H3,(H,18,20)(H,19,21). The van der Waals surface area contributed by atoms with Crippen molar-refractivity contribution in [2.45, 2.75) is 20.4 Å². The number of rotatable bonds is 5. The fourth-order valence-corrected chi connectivity index (χ4v) is 2.22. The maximum Gasteiger partial charge on any atom is 0.251 e. The molecule has 0 saturated carbocycles. The van der Waals surface area contributed by atoms with Gasteiger partial charge >= 0.3 is 0 Å². The number of nitrogens with one attached hydrogen (secondary N) is 2. The summed E-state index contributed by atoms with van der Waals surface area (Å²) in [4.78, 5) is 16.6. The van der Waals surface area contributed by atoms with Crippen LogP contribution in [0, 0.1) is 6.92 Å². The Bertz CT molecular complexity index is 626. The van der Waals surface area contributed by atoms with E-state index in [4.69, 9.17) is 0 Å². The predicted molar refractivity (Wildman–Crippen MR) is 88.4 cm³/mol. The molecule has 0 spiro atoms. The van der Waals surface area contributed by atoms with Crippen molar-refractivity contribution < 1.29 is 4.79 Å². The van der Waals surface area contributed by atoms with Crippen LogP contribution in [-0.4, -0.2) is 17.4 Å². The summed E-state index contributed by atoms with van der Waals surface area (Å²) in [6, 6.07) is 11.4. The molecular weight excluding hydrogens is 330 g/mol. The molecule has 21 heavy (non-hydrogen) atoms. The molecule has 2 N–H and O–H groups in total. The molecule has 0 radical (unpaired) electrons. The number of amides is 1. The van der Waals surface area contributed by atoms with Crippen molar-refractivity contribution in [3.05, 3.63) is 57.7 Å². The first kappa shape index (κ1) is 15.5. The quantitative estimate of drug-likeness (QED) is 0.869. The molecular formula is C16H18BrN3O. The van der Waals surface area contributed by atoms with Gasteiger partial charge in [0.05, 0.1) is 0 Å². The van der Waals surface area contributed by atoms with Crippen LogP contribution < -0.4 is 10.6 Å². The van der Waals surface area contributed by atoms with Crippen molar-refractivity contribution in [3.8, 4) is 0 Å². The molecule has 0 aliphatic rings. The Morgan fingerprint density at radius 1 is 1.24 bits per heavy atom. The van der Waals surface area contributed by atoms with Crippen LogP contribution >= 0.6 is 15.9 Å². The summed E-state index contributed by atoms with van der Waals surface area (Å²) >= 11 is 3.39. The van der Waals surface area contributed by atoms with Crippen LogP contribution in [0.15, 0.2) is 40.9 Å². The minimum absolute atomic E-state index is 0.0948. The normalized spacial score (nSPS) is 10.2. The number of benzene rings is 1. The first-order chi connectivity index (χ1) is 10.1. The zero-order valence-electron chi connectivity index (χ0n) is 12.1. The van der Waals surface area contributed by atoms with Crippen molar-refractivity contribution in [2.75, 3.05) is 11.9 Å². The van der Waals surface area contributed by atoms with E-state index in [2.05, 4.69) is 31.5 Å². The number of carbonyl (C=O) groups is 1. The molecule has 0 bridgehead atoms. The third kappa shape index (κ3) is 4.56. The lowest BCUT2D eigenvalue weighted by molar-refractivity contribution is 0.0950. The van der Waals surface area contributed by atoms with Crippen LogP contribution in [0.1, 0.15) is 28.5 Å². The highest BCUT2D eigenvalue weighted by Gasteiger charge is 2.08. The second-order valence-corrected chi connectivity index (χ2v) is 5.64. The van der Waals surface area contributed by atoms with Crippen molar-refractivity contribution in [1.29, 1.82) is 0 Å². The molecule has 2 aromatic rings. The van der Waals surface area contributed by atoms with E-state index in [1.807, 2.05) is 38.1 Å². The minimum atomic E-state index is -0.0948. The second-order valence-electron chi connectivity index (χ2n) is 4.72. The van der Waals surface area contributed by atoms with Gasteiger partial charge < -0.3 is 10.6 Å². The first-order valence-corrected chi connectivity index (χ1v) is 7.63. The molecule has 0 unspecified atom stereocenters. The number of aromatic nitrogens is 1. The van der Waals surface area contributed by atoms with Crippen LogP contribution in [0.4, 0.5) is 5.82 Å². The maximum absolute atomic E-state index is 12.2. The molecule has 0 aliphatic heterocycles. The minimum Gasteiger partial charge on any atom is -0.370 e.